The van der Waals surface area contributed by atoms with Crippen molar-refractivity contribution in [1.29, 1.82) is 0 Å². The monoisotopic (exact) mass is 214 g/mol. The largest absolute Gasteiger partial charge is 1.00 e. The number of hydrogen-bond acceptors (Lipinski definition) is 7. The van der Waals surface area contributed by atoms with Crippen LogP contribution in [0.1, 0.15) is 0 Å². The van der Waals surface area contributed by atoms with Crippen molar-refractivity contribution in [3.8, 4) is 0 Å². The summed E-state index contributed by atoms with van der Waals surface area (Å²) in [5.41, 5.74) is 0. The van der Waals surface area contributed by atoms with E-state index >= 15 is 0 Å². The number of aliphatic hydroxyl groups is 2. The first-order valence-electron chi connectivity index (χ1n) is 2.95. The van der Waals surface area contributed by atoms with Crippen molar-refractivity contribution >= 4 is 19.3 Å². The Morgan fingerprint density at radius 2 is 1.46 bits per heavy atom. The molecule has 0 saturated carbocycles. The first-order valence-corrected chi connectivity index (χ1v) is 2.95. The minimum absolute atomic E-state index is 0. The molecule has 0 radical (unpaired) electrons. The van der Waals surface area contributed by atoms with Crippen LogP contribution in [0.3, 0.4) is 0 Å². The van der Waals surface area contributed by atoms with Gasteiger partial charge in [0, 0.05) is 0 Å². The maximum absolute atomic E-state index is 10.5. The Kier molecular flexibility index (Phi) is 5.63. The van der Waals surface area contributed by atoms with Crippen molar-refractivity contribution < 1.29 is 85.5 Å². The molecule has 0 aromatic carbocycles. The summed E-state index contributed by atoms with van der Waals surface area (Å²) in [7, 11) is -2.32. The molecule has 2 atom stereocenters. The number of carbonyl (C=O) groups is 2. The molecule has 0 aliphatic carbocycles. The smallest absolute Gasteiger partial charge is 0.808 e. The van der Waals surface area contributed by atoms with Crippen molar-refractivity contribution in [2.24, 2.45) is 0 Å². The van der Waals surface area contributed by atoms with Gasteiger partial charge < -0.3 is 24.5 Å². The third-order valence-corrected chi connectivity index (χ3v) is 1.21. The van der Waals surface area contributed by atoms with Crippen LogP contribution in [0, 0.1) is 0 Å². The van der Waals surface area contributed by atoms with E-state index in [0.717, 1.165) is 0 Å². The number of aliphatic hydroxyl groups excluding tert-OH is 2. The van der Waals surface area contributed by atoms with Gasteiger partial charge in [0.15, 0.2) is 12.2 Å². The van der Waals surface area contributed by atoms with Gasteiger partial charge in [-0.15, -0.1) is 0 Å². The topological polar surface area (TPSA) is 116 Å². The molecule has 1 aliphatic heterocycles. The van der Waals surface area contributed by atoms with Crippen molar-refractivity contribution in [1.82, 2.24) is 0 Å². The average Bonchev–Trinajstić information content (AvgIpc) is 2.05. The van der Waals surface area contributed by atoms with Crippen LogP contribution >= 0.6 is 0 Å². The van der Waals surface area contributed by atoms with Crippen molar-refractivity contribution in [3.05, 3.63) is 0 Å². The van der Waals surface area contributed by atoms with E-state index in [-0.39, 0.29) is 51.4 Å². The fraction of sp³-hybridized carbons (Fsp3) is 0.500. The van der Waals surface area contributed by atoms with Crippen LogP contribution in [-0.2, 0) is 18.9 Å². The predicted octanol–water partition coefficient (Wildman–Crippen LogP) is -6.84. The van der Waals surface area contributed by atoms with E-state index < -0.39 is 31.5 Å². The van der Waals surface area contributed by atoms with Gasteiger partial charge in [-0.05, 0) is 0 Å². The second-order valence-corrected chi connectivity index (χ2v) is 2.05. The van der Waals surface area contributed by atoms with E-state index in [1.807, 2.05) is 0 Å². The van der Waals surface area contributed by atoms with Crippen molar-refractivity contribution in [2.45, 2.75) is 12.2 Å². The van der Waals surface area contributed by atoms with E-state index in [1.165, 1.54) is 0 Å². The van der Waals surface area contributed by atoms with Gasteiger partial charge in [-0.3, -0.25) is 9.59 Å². The minimum atomic E-state index is -2.32. The van der Waals surface area contributed by atoms with Gasteiger partial charge in [0.05, 0.1) is 0 Å². The van der Waals surface area contributed by atoms with Crippen LogP contribution in [0.25, 0.3) is 0 Å². The molecular weight excluding hydrogens is 210 g/mol. The van der Waals surface area contributed by atoms with Gasteiger partial charge in [-0.1, -0.05) is 0 Å². The Morgan fingerprint density at radius 3 is 1.77 bits per heavy atom. The summed E-state index contributed by atoms with van der Waals surface area (Å²) in [4.78, 5) is 21.0. The molecule has 9 heteroatoms. The molecule has 0 aromatic heterocycles. The molecule has 7 nitrogen and oxygen atoms in total. The first-order chi connectivity index (χ1) is 5.52. The van der Waals surface area contributed by atoms with Gasteiger partial charge in [0.25, 0.3) is 0 Å². The third-order valence-electron chi connectivity index (χ3n) is 1.21. The molecule has 66 valence electrons. The molecule has 0 aromatic rings. The molecule has 0 spiro atoms. The summed E-state index contributed by atoms with van der Waals surface area (Å²) >= 11 is 0. The SMILES string of the molecule is O=C1OB([O-])OC(=O)C(O)C1O.[K+]. The van der Waals surface area contributed by atoms with Crippen LogP contribution in [0.15, 0.2) is 0 Å². The predicted molar refractivity (Wildman–Crippen MR) is 30.0 cm³/mol. The molecule has 2 unspecified atom stereocenters. The quantitative estimate of drug-likeness (QED) is 0.385. The van der Waals surface area contributed by atoms with E-state index in [0.29, 0.717) is 0 Å². The molecule has 2 N–H and O–H groups in total. The van der Waals surface area contributed by atoms with Crippen LogP contribution in [-0.4, -0.2) is 41.7 Å². The molecule has 13 heavy (non-hydrogen) atoms. The molecule has 0 bridgehead atoms. The number of rotatable bonds is 0. The van der Waals surface area contributed by atoms with Gasteiger partial charge in [-0.25, -0.2) is 0 Å². The maximum Gasteiger partial charge on any atom is 1.00 e. The molecular formula is C4H4BKO7. The summed E-state index contributed by atoms with van der Waals surface area (Å²) in [6.45, 7) is 0. The standard InChI is InChI=1S/C4H4BO7.K/c6-1-2(7)4(9)12-5(10)11-3(1)8;/h1-2,6-7H;/q-1;+1. The second-order valence-electron chi connectivity index (χ2n) is 2.05. The Balaban J connectivity index is 0.00000144. The van der Waals surface area contributed by atoms with E-state index in [9.17, 15) is 14.6 Å². The van der Waals surface area contributed by atoms with Gasteiger partial charge in [0.1, 0.15) is 0 Å². The molecule has 1 saturated heterocycles. The Morgan fingerprint density at radius 1 is 1.15 bits per heavy atom. The van der Waals surface area contributed by atoms with E-state index in [4.69, 9.17) is 10.2 Å². The number of carbonyl (C=O) groups excluding carboxylic acids is 2. The zero-order valence-corrected chi connectivity index (χ0v) is 9.79. The van der Waals surface area contributed by atoms with Gasteiger partial charge >= 0.3 is 70.6 Å². The zero-order chi connectivity index (χ0) is 9.30. The Bertz CT molecular complexity index is 199. The molecule has 1 rings (SSSR count). The summed E-state index contributed by atoms with van der Waals surface area (Å²) in [5, 5.41) is 27.9. The van der Waals surface area contributed by atoms with Gasteiger partial charge in [0.2, 0.25) is 0 Å². The Labute approximate surface area is 116 Å². The van der Waals surface area contributed by atoms with Gasteiger partial charge in [-0.2, -0.15) is 0 Å². The fourth-order valence-electron chi connectivity index (χ4n) is 0.611. The summed E-state index contributed by atoms with van der Waals surface area (Å²) in [5.74, 6) is -2.76. The van der Waals surface area contributed by atoms with Crippen molar-refractivity contribution in [3.63, 3.8) is 0 Å². The van der Waals surface area contributed by atoms with Crippen LogP contribution in [0.4, 0.5) is 0 Å². The average molecular weight is 214 g/mol. The first kappa shape index (κ1) is 13.5. The normalized spacial score (nSPS) is 28.4. The fourth-order valence-corrected chi connectivity index (χ4v) is 0.611. The maximum atomic E-state index is 10.5. The van der Waals surface area contributed by atoms with Crippen LogP contribution in [0.5, 0.6) is 0 Å². The summed E-state index contributed by atoms with van der Waals surface area (Å²) < 4.78 is 7.63. The number of hydrogen-bond donors (Lipinski definition) is 2. The van der Waals surface area contributed by atoms with Crippen LogP contribution in [0.2, 0.25) is 0 Å². The molecule has 0 amide bonds. The second kappa shape index (κ2) is 5.41. The van der Waals surface area contributed by atoms with E-state index in [1.54, 1.807) is 0 Å². The molecule has 1 heterocycles. The molecule has 1 fully saturated rings. The van der Waals surface area contributed by atoms with E-state index in [2.05, 4.69) is 9.31 Å². The minimum Gasteiger partial charge on any atom is -0.808 e. The molecule has 1 aliphatic rings. The van der Waals surface area contributed by atoms with Crippen molar-refractivity contribution in [2.75, 3.05) is 0 Å². The summed E-state index contributed by atoms with van der Waals surface area (Å²) in [6, 6.07) is 0. The van der Waals surface area contributed by atoms with Crippen LogP contribution < -0.4 is 56.4 Å². The zero-order valence-electron chi connectivity index (χ0n) is 6.67. The summed E-state index contributed by atoms with van der Waals surface area (Å²) in [6.07, 6.45) is -4.12. The Hall–Kier alpha value is 0.521. The third kappa shape index (κ3) is 3.29.